The molecule has 0 aromatic carbocycles. The van der Waals surface area contributed by atoms with Crippen LogP contribution in [-0.4, -0.2) is 25.7 Å². The Kier molecular flexibility index (Phi) is 4.03. The van der Waals surface area contributed by atoms with E-state index in [2.05, 4.69) is 34.0 Å². The summed E-state index contributed by atoms with van der Waals surface area (Å²) >= 11 is 1.79. The van der Waals surface area contributed by atoms with Crippen LogP contribution in [0, 0.1) is 0 Å². The van der Waals surface area contributed by atoms with Crippen molar-refractivity contribution >= 4 is 17.0 Å². The van der Waals surface area contributed by atoms with Crippen molar-refractivity contribution in [3.05, 3.63) is 16.8 Å². The van der Waals surface area contributed by atoms with Gasteiger partial charge >= 0.3 is 0 Å². The van der Waals surface area contributed by atoms with E-state index in [4.69, 9.17) is 0 Å². The average Bonchev–Trinajstić information content (AvgIpc) is 2.67. The van der Waals surface area contributed by atoms with Crippen LogP contribution in [0.2, 0.25) is 0 Å². The first-order valence-electron chi connectivity index (χ1n) is 5.90. The number of hydrogen-bond acceptors (Lipinski definition) is 3. The molecule has 0 amide bonds. The zero-order valence-corrected chi connectivity index (χ0v) is 10.2. The largest absolute Gasteiger partial charge is 0.369 e. The minimum atomic E-state index is 0.678. The highest BCUT2D eigenvalue weighted by molar-refractivity contribution is 7.08. The molecule has 1 aromatic rings. The molecule has 2 rings (SSSR count). The van der Waals surface area contributed by atoms with Crippen LogP contribution < -0.4 is 10.2 Å². The van der Waals surface area contributed by atoms with E-state index in [1.54, 1.807) is 11.3 Å². The van der Waals surface area contributed by atoms with E-state index < -0.39 is 0 Å². The fourth-order valence-electron chi connectivity index (χ4n) is 2.21. The van der Waals surface area contributed by atoms with Crippen LogP contribution in [0.3, 0.4) is 0 Å². The second kappa shape index (κ2) is 5.52. The predicted molar refractivity (Wildman–Crippen MR) is 67.8 cm³/mol. The third-order valence-corrected chi connectivity index (χ3v) is 3.66. The Bertz CT molecular complexity index is 271. The number of nitrogens with zero attached hydrogens (tertiary/aromatic N) is 1. The molecule has 2 nitrogen and oxygen atoms in total. The molecule has 1 aliphatic heterocycles. The highest BCUT2D eigenvalue weighted by Crippen LogP contribution is 2.20. The number of nitrogens with one attached hydrogen (secondary N) is 1. The van der Waals surface area contributed by atoms with Gasteiger partial charge in [0.05, 0.1) is 0 Å². The Labute approximate surface area is 96.3 Å². The van der Waals surface area contributed by atoms with Crippen molar-refractivity contribution in [2.75, 3.05) is 24.5 Å². The van der Waals surface area contributed by atoms with Gasteiger partial charge in [0.1, 0.15) is 0 Å². The standard InChI is InChI=1S/C12H20N2S/c1-2-4-11-9-14(7-3-6-13-11)12-5-8-15-10-12/h5,8,10-11,13H,2-4,6-7,9H2,1H3. The maximum absolute atomic E-state index is 3.64. The summed E-state index contributed by atoms with van der Waals surface area (Å²) in [7, 11) is 0. The Morgan fingerprint density at radius 3 is 3.27 bits per heavy atom. The molecule has 0 spiro atoms. The molecule has 1 fully saturated rings. The van der Waals surface area contributed by atoms with Gasteiger partial charge in [0.25, 0.3) is 0 Å². The lowest BCUT2D eigenvalue weighted by molar-refractivity contribution is 0.503. The first kappa shape index (κ1) is 11.0. The monoisotopic (exact) mass is 224 g/mol. The second-order valence-electron chi connectivity index (χ2n) is 4.22. The normalized spacial score (nSPS) is 22.7. The smallest absolute Gasteiger partial charge is 0.0475 e. The summed E-state index contributed by atoms with van der Waals surface area (Å²) in [5.41, 5.74) is 1.41. The summed E-state index contributed by atoms with van der Waals surface area (Å²) in [6.07, 6.45) is 3.83. The summed E-state index contributed by atoms with van der Waals surface area (Å²) in [5, 5.41) is 8.06. The minimum absolute atomic E-state index is 0.678. The van der Waals surface area contributed by atoms with E-state index in [-0.39, 0.29) is 0 Å². The summed E-state index contributed by atoms with van der Waals surface area (Å²) < 4.78 is 0. The zero-order chi connectivity index (χ0) is 10.5. The van der Waals surface area contributed by atoms with Gasteiger partial charge < -0.3 is 10.2 Å². The topological polar surface area (TPSA) is 15.3 Å². The molecule has 3 heteroatoms. The molecule has 1 atom stereocenters. The molecule has 1 aromatic heterocycles. The van der Waals surface area contributed by atoms with E-state index >= 15 is 0 Å². The van der Waals surface area contributed by atoms with Gasteiger partial charge in [-0.1, -0.05) is 13.3 Å². The van der Waals surface area contributed by atoms with Gasteiger partial charge in [-0.15, -0.1) is 0 Å². The van der Waals surface area contributed by atoms with Gasteiger partial charge in [0.2, 0.25) is 0 Å². The highest BCUT2D eigenvalue weighted by Gasteiger charge is 2.17. The number of thiophene rings is 1. The van der Waals surface area contributed by atoms with Crippen molar-refractivity contribution in [2.24, 2.45) is 0 Å². The number of hydrogen-bond donors (Lipinski definition) is 1. The van der Waals surface area contributed by atoms with E-state index in [9.17, 15) is 0 Å². The summed E-state index contributed by atoms with van der Waals surface area (Å²) in [6.45, 7) is 5.81. The van der Waals surface area contributed by atoms with Gasteiger partial charge in [-0.05, 0) is 30.8 Å². The Balaban J connectivity index is 1.99. The first-order chi connectivity index (χ1) is 7.40. The van der Waals surface area contributed by atoms with Crippen molar-refractivity contribution < 1.29 is 0 Å². The summed E-state index contributed by atoms with van der Waals surface area (Å²) in [6, 6.07) is 2.91. The number of rotatable bonds is 3. The van der Waals surface area contributed by atoms with Gasteiger partial charge in [-0.3, -0.25) is 0 Å². The van der Waals surface area contributed by atoms with Crippen LogP contribution in [0.4, 0.5) is 5.69 Å². The Hall–Kier alpha value is -0.540. The van der Waals surface area contributed by atoms with Crippen LogP contribution in [-0.2, 0) is 0 Å². The van der Waals surface area contributed by atoms with Gasteiger partial charge in [0, 0.05) is 30.2 Å². The zero-order valence-electron chi connectivity index (χ0n) is 9.41. The van der Waals surface area contributed by atoms with Crippen LogP contribution in [0.1, 0.15) is 26.2 Å². The second-order valence-corrected chi connectivity index (χ2v) is 5.00. The Morgan fingerprint density at radius 2 is 2.53 bits per heavy atom. The third-order valence-electron chi connectivity index (χ3n) is 2.99. The van der Waals surface area contributed by atoms with Crippen LogP contribution in [0.15, 0.2) is 16.8 Å². The molecule has 15 heavy (non-hydrogen) atoms. The number of anilines is 1. The maximum Gasteiger partial charge on any atom is 0.0475 e. The lowest BCUT2D eigenvalue weighted by atomic mass is 10.1. The lowest BCUT2D eigenvalue weighted by Crippen LogP contribution is -2.37. The molecule has 2 heterocycles. The fraction of sp³-hybridized carbons (Fsp3) is 0.667. The minimum Gasteiger partial charge on any atom is -0.369 e. The highest BCUT2D eigenvalue weighted by atomic mass is 32.1. The van der Waals surface area contributed by atoms with Gasteiger partial charge in [0.15, 0.2) is 0 Å². The molecule has 1 aliphatic rings. The van der Waals surface area contributed by atoms with Gasteiger partial charge in [-0.25, -0.2) is 0 Å². The van der Waals surface area contributed by atoms with E-state index in [0.29, 0.717) is 6.04 Å². The summed E-state index contributed by atoms with van der Waals surface area (Å²) in [4.78, 5) is 2.52. The molecule has 0 aliphatic carbocycles. The quantitative estimate of drug-likeness (QED) is 0.849. The van der Waals surface area contributed by atoms with Crippen molar-refractivity contribution in [3.63, 3.8) is 0 Å². The van der Waals surface area contributed by atoms with Crippen molar-refractivity contribution in [1.82, 2.24) is 5.32 Å². The molecule has 0 radical (unpaired) electrons. The predicted octanol–water partition coefficient (Wildman–Crippen LogP) is 2.72. The van der Waals surface area contributed by atoms with Gasteiger partial charge in [-0.2, -0.15) is 11.3 Å². The Morgan fingerprint density at radius 1 is 1.60 bits per heavy atom. The van der Waals surface area contributed by atoms with Crippen LogP contribution >= 0.6 is 11.3 Å². The molecular weight excluding hydrogens is 204 g/mol. The van der Waals surface area contributed by atoms with Crippen molar-refractivity contribution in [2.45, 2.75) is 32.2 Å². The van der Waals surface area contributed by atoms with Crippen LogP contribution in [0.25, 0.3) is 0 Å². The molecule has 0 bridgehead atoms. The van der Waals surface area contributed by atoms with E-state index in [1.807, 2.05) is 0 Å². The molecular formula is C12H20N2S. The fourth-order valence-corrected chi connectivity index (χ4v) is 2.88. The molecule has 1 unspecified atom stereocenters. The van der Waals surface area contributed by atoms with Crippen molar-refractivity contribution in [1.29, 1.82) is 0 Å². The SMILES string of the molecule is CCCC1CN(c2ccsc2)CCCN1. The van der Waals surface area contributed by atoms with E-state index in [0.717, 1.165) is 0 Å². The molecule has 1 N–H and O–H groups in total. The first-order valence-corrected chi connectivity index (χ1v) is 6.85. The molecule has 84 valence electrons. The molecule has 0 saturated carbocycles. The maximum atomic E-state index is 3.64. The summed E-state index contributed by atoms with van der Waals surface area (Å²) in [5.74, 6) is 0. The van der Waals surface area contributed by atoms with Crippen molar-refractivity contribution in [3.8, 4) is 0 Å². The third kappa shape index (κ3) is 2.95. The molecule has 1 saturated heterocycles. The lowest BCUT2D eigenvalue weighted by Gasteiger charge is -2.25. The van der Waals surface area contributed by atoms with E-state index in [1.165, 1.54) is 44.6 Å². The van der Waals surface area contributed by atoms with Crippen LogP contribution in [0.5, 0.6) is 0 Å². The average molecular weight is 224 g/mol.